The van der Waals surface area contributed by atoms with Crippen molar-refractivity contribution in [3.63, 3.8) is 0 Å². The summed E-state index contributed by atoms with van der Waals surface area (Å²) in [6, 6.07) is 0.410. The number of ether oxygens (including phenoxy) is 1. The predicted molar refractivity (Wildman–Crippen MR) is 55.2 cm³/mol. The van der Waals surface area contributed by atoms with Gasteiger partial charge in [-0.25, -0.2) is 0 Å². The molecule has 0 amide bonds. The summed E-state index contributed by atoms with van der Waals surface area (Å²) in [4.78, 5) is 2.43. The van der Waals surface area contributed by atoms with E-state index < -0.39 is 0 Å². The molecule has 1 saturated carbocycles. The minimum absolute atomic E-state index is 0.0920. The summed E-state index contributed by atoms with van der Waals surface area (Å²) in [6.07, 6.45) is 4.71. The Bertz CT molecular complexity index is 186. The molecular weight excluding hydrogens is 178 g/mol. The molecule has 1 aliphatic carbocycles. The summed E-state index contributed by atoms with van der Waals surface area (Å²) in [5.74, 6) is 0. The molecule has 0 aromatic heterocycles. The van der Waals surface area contributed by atoms with Crippen molar-refractivity contribution in [2.75, 3.05) is 19.7 Å². The van der Waals surface area contributed by atoms with Gasteiger partial charge >= 0.3 is 0 Å². The molecule has 3 atom stereocenters. The molecule has 82 valence electrons. The van der Waals surface area contributed by atoms with E-state index in [1.165, 1.54) is 6.42 Å². The Hall–Kier alpha value is -0.120. The Morgan fingerprint density at radius 1 is 1.43 bits per heavy atom. The Kier molecular flexibility index (Phi) is 3.42. The Labute approximate surface area is 86.0 Å². The van der Waals surface area contributed by atoms with Gasteiger partial charge in [0.15, 0.2) is 0 Å². The maximum Gasteiger partial charge on any atom is 0.0700 e. The number of rotatable bonds is 2. The van der Waals surface area contributed by atoms with E-state index in [1.54, 1.807) is 0 Å². The minimum Gasteiger partial charge on any atom is -0.391 e. The van der Waals surface area contributed by atoms with E-state index in [4.69, 9.17) is 4.74 Å². The lowest BCUT2D eigenvalue weighted by Crippen LogP contribution is -2.50. The fraction of sp³-hybridized carbons (Fsp3) is 1.00. The molecule has 14 heavy (non-hydrogen) atoms. The van der Waals surface area contributed by atoms with Gasteiger partial charge in [0.05, 0.1) is 18.8 Å². The van der Waals surface area contributed by atoms with Crippen LogP contribution in [0.3, 0.4) is 0 Å². The summed E-state index contributed by atoms with van der Waals surface area (Å²) in [5.41, 5.74) is 0. The SMILES string of the molecule is CCC1CN([C@H]2CCC[C@@H]2O)CCO1. The summed E-state index contributed by atoms with van der Waals surface area (Å²) in [5, 5.41) is 9.82. The summed E-state index contributed by atoms with van der Waals surface area (Å²) >= 11 is 0. The normalized spacial score (nSPS) is 40.3. The third-order valence-electron chi connectivity index (χ3n) is 3.54. The second-order valence-electron chi connectivity index (χ2n) is 4.46. The third kappa shape index (κ3) is 2.10. The number of hydrogen-bond acceptors (Lipinski definition) is 3. The van der Waals surface area contributed by atoms with Crippen molar-refractivity contribution in [2.24, 2.45) is 0 Å². The molecule has 0 aromatic carbocycles. The number of morpholine rings is 1. The molecule has 1 saturated heterocycles. The molecule has 1 N–H and O–H groups in total. The van der Waals surface area contributed by atoms with Gasteiger partial charge in [-0.15, -0.1) is 0 Å². The quantitative estimate of drug-likeness (QED) is 0.720. The lowest BCUT2D eigenvalue weighted by molar-refractivity contribution is -0.0594. The van der Waals surface area contributed by atoms with E-state index in [1.807, 2.05) is 0 Å². The van der Waals surface area contributed by atoms with E-state index in [-0.39, 0.29) is 6.10 Å². The Morgan fingerprint density at radius 2 is 2.29 bits per heavy atom. The fourth-order valence-corrected chi connectivity index (χ4v) is 2.64. The van der Waals surface area contributed by atoms with Crippen molar-refractivity contribution < 1.29 is 9.84 Å². The molecule has 3 heteroatoms. The van der Waals surface area contributed by atoms with Crippen LogP contribution in [0.4, 0.5) is 0 Å². The van der Waals surface area contributed by atoms with Gasteiger partial charge in [0, 0.05) is 19.1 Å². The van der Waals surface area contributed by atoms with Crippen LogP contribution in [0.5, 0.6) is 0 Å². The van der Waals surface area contributed by atoms with Crippen LogP contribution in [0, 0.1) is 0 Å². The summed E-state index contributed by atoms with van der Waals surface area (Å²) < 4.78 is 5.63. The van der Waals surface area contributed by atoms with Crippen LogP contribution in [0.2, 0.25) is 0 Å². The molecule has 0 radical (unpaired) electrons. The van der Waals surface area contributed by atoms with Crippen LogP contribution in [-0.4, -0.2) is 48.0 Å². The standard InChI is InChI=1S/C11H21NO2/c1-2-9-8-12(6-7-14-9)10-4-3-5-11(10)13/h9-11,13H,2-8H2,1H3/t9?,10-,11-/m0/s1. The number of aliphatic hydroxyl groups excluding tert-OH is 1. The molecule has 0 aromatic rings. The van der Waals surface area contributed by atoms with E-state index >= 15 is 0 Å². The first kappa shape index (κ1) is 10.4. The highest BCUT2D eigenvalue weighted by atomic mass is 16.5. The first-order valence-electron chi connectivity index (χ1n) is 5.85. The maximum absolute atomic E-state index is 9.82. The second kappa shape index (κ2) is 4.60. The van der Waals surface area contributed by atoms with Gasteiger partial charge in [-0.05, 0) is 25.7 Å². The van der Waals surface area contributed by atoms with Gasteiger partial charge in [-0.3, -0.25) is 4.90 Å². The van der Waals surface area contributed by atoms with Crippen LogP contribution in [0.1, 0.15) is 32.6 Å². The Balaban J connectivity index is 1.90. The minimum atomic E-state index is -0.0920. The van der Waals surface area contributed by atoms with Crippen LogP contribution in [0.15, 0.2) is 0 Å². The van der Waals surface area contributed by atoms with Crippen LogP contribution in [-0.2, 0) is 4.74 Å². The zero-order valence-electron chi connectivity index (χ0n) is 8.98. The maximum atomic E-state index is 9.82. The van der Waals surface area contributed by atoms with Gasteiger partial charge in [-0.1, -0.05) is 6.92 Å². The number of hydrogen-bond donors (Lipinski definition) is 1. The summed E-state index contributed by atoms with van der Waals surface area (Å²) in [7, 11) is 0. The van der Waals surface area contributed by atoms with Crippen molar-refractivity contribution in [1.29, 1.82) is 0 Å². The Morgan fingerprint density at radius 3 is 2.93 bits per heavy atom. The molecule has 1 unspecified atom stereocenters. The fourth-order valence-electron chi connectivity index (χ4n) is 2.64. The molecule has 1 heterocycles. The monoisotopic (exact) mass is 199 g/mol. The lowest BCUT2D eigenvalue weighted by Gasteiger charge is -2.37. The van der Waals surface area contributed by atoms with E-state index in [2.05, 4.69) is 11.8 Å². The third-order valence-corrected chi connectivity index (χ3v) is 3.54. The van der Waals surface area contributed by atoms with Crippen LogP contribution >= 0.6 is 0 Å². The van der Waals surface area contributed by atoms with Crippen molar-refractivity contribution >= 4 is 0 Å². The highest BCUT2D eigenvalue weighted by molar-refractivity contribution is 4.87. The molecule has 0 bridgehead atoms. The van der Waals surface area contributed by atoms with Crippen molar-refractivity contribution in [1.82, 2.24) is 4.90 Å². The molecule has 1 aliphatic heterocycles. The predicted octanol–water partition coefficient (Wildman–Crippen LogP) is 1.01. The van der Waals surface area contributed by atoms with Crippen LogP contribution in [0.25, 0.3) is 0 Å². The highest BCUT2D eigenvalue weighted by Gasteiger charge is 2.33. The molecule has 2 rings (SSSR count). The molecule has 2 fully saturated rings. The second-order valence-corrected chi connectivity index (χ2v) is 4.46. The van der Waals surface area contributed by atoms with Gasteiger partial charge in [0.25, 0.3) is 0 Å². The molecular formula is C11H21NO2. The van der Waals surface area contributed by atoms with Crippen molar-refractivity contribution in [2.45, 2.75) is 50.9 Å². The zero-order chi connectivity index (χ0) is 9.97. The van der Waals surface area contributed by atoms with Crippen molar-refractivity contribution in [3.05, 3.63) is 0 Å². The number of aliphatic hydroxyl groups is 1. The average molecular weight is 199 g/mol. The smallest absolute Gasteiger partial charge is 0.0700 e. The summed E-state index contributed by atoms with van der Waals surface area (Å²) in [6.45, 7) is 5.01. The molecule has 3 nitrogen and oxygen atoms in total. The molecule has 0 spiro atoms. The zero-order valence-corrected chi connectivity index (χ0v) is 8.98. The highest BCUT2D eigenvalue weighted by Crippen LogP contribution is 2.25. The first-order chi connectivity index (χ1) is 6.81. The lowest BCUT2D eigenvalue weighted by atomic mass is 10.1. The van der Waals surface area contributed by atoms with Gasteiger partial charge in [0.2, 0.25) is 0 Å². The van der Waals surface area contributed by atoms with E-state index in [0.29, 0.717) is 12.1 Å². The average Bonchev–Trinajstić information content (AvgIpc) is 2.65. The van der Waals surface area contributed by atoms with E-state index in [9.17, 15) is 5.11 Å². The van der Waals surface area contributed by atoms with Gasteiger partial charge < -0.3 is 9.84 Å². The topological polar surface area (TPSA) is 32.7 Å². The van der Waals surface area contributed by atoms with Crippen LogP contribution < -0.4 is 0 Å². The number of nitrogens with zero attached hydrogens (tertiary/aromatic N) is 1. The van der Waals surface area contributed by atoms with Crippen molar-refractivity contribution in [3.8, 4) is 0 Å². The van der Waals surface area contributed by atoms with E-state index in [0.717, 1.165) is 39.0 Å². The molecule has 2 aliphatic rings. The largest absolute Gasteiger partial charge is 0.391 e. The first-order valence-corrected chi connectivity index (χ1v) is 5.85. The van der Waals surface area contributed by atoms with Gasteiger partial charge in [-0.2, -0.15) is 0 Å². The van der Waals surface area contributed by atoms with Gasteiger partial charge in [0.1, 0.15) is 0 Å².